The van der Waals surface area contributed by atoms with Gasteiger partial charge in [-0.05, 0) is 5.56 Å². The first-order chi connectivity index (χ1) is 9.70. The SMILES string of the molecule is NCCOCn1cc(Cc2ccccc2)c(=O)[nH]c1=O. The van der Waals surface area contributed by atoms with Crippen molar-refractivity contribution in [3.05, 3.63) is 68.5 Å². The van der Waals surface area contributed by atoms with E-state index in [1.54, 1.807) is 0 Å². The Morgan fingerprint density at radius 3 is 2.65 bits per heavy atom. The van der Waals surface area contributed by atoms with Crippen LogP contribution in [0.1, 0.15) is 11.1 Å². The number of nitrogens with one attached hydrogen (secondary N) is 1. The highest BCUT2D eigenvalue weighted by molar-refractivity contribution is 5.22. The lowest BCUT2D eigenvalue weighted by Gasteiger charge is -2.08. The topological polar surface area (TPSA) is 90.1 Å². The summed E-state index contributed by atoms with van der Waals surface area (Å²) in [5, 5.41) is 0. The Balaban J connectivity index is 2.22. The van der Waals surface area contributed by atoms with Crippen molar-refractivity contribution >= 4 is 0 Å². The van der Waals surface area contributed by atoms with Crippen LogP contribution in [0.25, 0.3) is 0 Å². The summed E-state index contributed by atoms with van der Waals surface area (Å²) in [6.45, 7) is 0.823. The predicted molar refractivity (Wildman–Crippen MR) is 75.6 cm³/mol. The van der Waals surface area contributed by atoms with Crippen molar-refractivity contribution in [2.24, 2.45) is 5.73 Å². The Morgan fingerprint density at radius 1 is 1.20 bits per heavy atom. The predicted octanol–water partition coefficient (Wildman–Crippen LogP) is 0.0602. The van der Waals surface area contributed by atoms with E-state index < -0.39 is 5.69 Å². The molecule has 0 spiro atoms. The molecule has 2 aromatic rings. The van der Waals surface area contributed by atoms with Gasteiger partial charge in [-0.2, -0.15) is 0 Å². The van der Waals surface area contributed by atoms with Crippen molar-refractivity contribution in [1.29, 1.82) is 0 Å². The van der Waals surface area contributed by atoms with Gasteiger partial charge in [0.1, 0.15) is 6.73 Å². The van der Waals surface area contributed by atoms with Gasteiger partial charge in [-0.3, -0.25) is 14.3 Å². The molecule has 0 aliphatic carbocycles. The summed E-state index contributed by atoms with van der Waals surface area (Å²) in [4.78, 5) is 25.7. The van der Waals surface area contributed by atoms with Crippen LogP contribution in [0.4, 0.5) is 0 Å². The molecule has 106 valence electrons. The molecule has 0 aliphatic heterocycles. The molecule has 6 nitrogen and oxygen atoms in total. The zero-order chi connectivity index (χ0) is 14.4. The molecule has 0 amide bonds. The van der Waals surface area contributed by atoms with Gasteiger partial charge in [0.05, 0.1) is 6.61 Å². The van der Waals surface area contributed by atoms with Gasteiger partial charge in [0.25, 0.3) is 5.56 Å². The molecular formula is C14H17N3O3. The summed E-state index contributed by atoms with van der Waals surface area (Å²) >= 11 is 0. The van der Waals surface area contributed by atoms with E-state index in [4.69, 9.17) is 10.5 Å². The molecular weight excluding hydrogens is 258 g/mol. The lowest BCUT2D eigenvalue weighted by molar-refractivity contribution is 0.0795. The molecule has 0 fully saturated rings. The standard InChI is InChI=1S/C14H17N3O3/c15-6-7-20-10-17-9-12(13(18)16-14(17)19)8-11-4-2-1-3-5-11/h1-5,9H,6-8,10,15H2,(H,16,18,19). The number of ether oxygens (including phenoxy) is 1. The van der Waals surface area contributed by atoms with Gasteiger partial charge in [0, 0.05) is 24.7 Å². The highest BCUT2D eigenvalue weighted by atomic mass is 16.5. The molecule has 1 aromatic heterocycles. The van der Waals surface area contributed by atoms with Crippen LogP contribution < -0.4 is 17.0 Å². The number of nitrogens with two attached hydrogens (primary N) is 1. The van der Waals surface area contributed by atoms with Crippen molar-refractivity contribution in [2.75, 3.05) is 13.2 Å². The molecule has 2 rings (SSSR count). The minimum Gasteiger partial charge on any atom is -0.359 e. The minimum absolute atomic E-state index is 0.0780. The van der Waals surface area contributed by atoms with Crippen LogP contribution in [0.5, 0.6) is 0 Å². The Bertz CT molecular complexity index is 661. The quantitative estimate of drug-likeness (QED) is 0.729. The van der Waals surface area contributed by atoms with E-state index in [1.807, 2.05) is 30.3 Å². The van der Waals surface area contributed by atoms with E-state index in [1.165, 1.54) is 10.8 Å². The third-order valence-corrected chi connectivity index (χ3v) is 2.81. The highest BCUT2D eigenvalue weighted by Crippen LogP contribution is 2.04. The van der Waals surface area contributed by atoms with Crippen LogP contribution in [0.3, 0.4) is 0 Å². The average Bonchev–Trinajstić information content (AvgIpc) is 2.45. The molecule has 0 radical (unpaired) electrons. The van der Waals surface area contributed by atoms with Crippen LogP contribution in [0.15, 0.2) is 46.1 Å². The molecule has 6 heteroatoms. The van der Waals surface area contributed by atoms with Gasteiger partial charge in [-0.1, -0.05) is 30.3 Å². The lowest BCUT2D eigenvalue weighted by Crippen LogP contribution is -2.32. The van der Waals surface area contributed by atoms with Crippen molar-refractivity contribution in [1.82, 2.24) is 9.55 Å². The largest absolute Gasteiger partial charge is 0.359 e. The van der Waals surface area contributed by atoms with Gasteiger partial charge >= 0.3 is 5.69 Å². The van der Waals surface area contributed by atoms with E-state index in [9.17, 15) is 9.59 Å². The van der Waals surface area contributed by atoms with Crippen molar-refractivity contribution < 1.29 is 4.74 Å². The van der Waals surface area contributed by atoms with Crippen LogP contribution in [-0.2, 0) is 17.9 Å². The van der Waals surface area contributed by atoms with Gasteiger partial charge in [0.2, 0.25) is 0 Å². The second-order valence-corrected chi connectivity index (χ2v) is 4.37. The van der Waals surface area contributed by atoms with E-state index >= 15 is 0 Å². The fourth-order valence-electron chi connectivity index (χ4n) is 1.84. The van der Waals surface area contributed by atoms with Crippen molar-refractivity contribution in [2.45, 2.75) is 13.2 Å². The first-order valence-electron chi connectivity index (χ1n) is 6.35. The summed E-state index contributed by atoms with van der Waals surface area (Å²) in [5.74, 6) is 0. The third kappa shape index (κ3) is 3.66. The average molecular weight is 275 g/mol. The molecule has 0 saturated carbocycles. The monoisotopic (exact) mass is 275 g/mol. The van der Waals surface area contributed by atoms with E-state index in [2.05, 4.69) is 4.98 Å². The number of benzene rings is 1. The maximum absolute atomic E-state index is 11.8. The second-order valence-electron chi connectivity index (χ2n) is 4.37. The molecule has 20 heavy (non-hydrogen) atoms. The number of nitrogens with zero attached hydrogens (tertiary/aromatic N) is 1. The zero-order valence-corrected chi connectivity index (χ0v) is 11.0. The number of hydrogen-bond acceptors (Lipinski definition) is 4. The molecule has 0 saturated heterocycles. The Hall–Kier alpha value is -2.18. The maximum atomic E-state index is 11.8. The number of hydrogen-bond donors (Lipinski definition) is 2. The molecule has 3 N–H and O–H groups in total. The van der Waals surface area contributed by atoms with Crippen LogP contribution >= 0.6 is 0 Å². The van der Waals surface area contributed by atoms with E-state index in [0.717, 1.165) is 5.56 Å². The van der Waals surface area contributed by atoms with Crippen molar-refractivity contribution in [3.63, 3.8) is 0 Å². The van der Waals surface area contributed by atoms with Crippen LogP contribution in [0, 0.1) is 0 Å². The number of H-pyrrole nitrogens is 1. The van der Waals surface area contributed by atoms with Crippen LogP contribution in [0.2, 0.25) is 0 Å². The summed E-state index contributed by atoms with van der Waals surface area (Å²) in [7, 11) is 0. The maximum Gasteiger partial charge on any atom is 0.330 e. The summed E-state index contributed by atoms with van der Waals surface area (Å²) < 4.78 is 6.54. The van der Waals surface area contributed by atoms with Crippen LogP contribution in [-0.4, -0.2) is 22.7 Å². The molecule has 0 atom stereocenters. The van der Waals surface area contributed by atoms with Gasteiger partial charge in [-0.15, -0.1) is 0 Å². The first kappa shape index (κ1) is 14.2. The first-order valence-corrected chi connectivity index (χ1v) is 6.35. The fourth-order valence-corrected chi connectivity index (χ4v) is 1.84. The number of rotatable bonds is 6. The number of aromatic amines is 1. The van der Waals surface area contributed by atoms with Gasteiger partial charge < -0.3 is 10.5 Å². The Kier molecular flexibility index (Phi) is 4.86. The second kappa shape index (κ2) is 6.83. The number of aromatic nitrogens is 2. The molecule has 0 aliphatic rings. The lowest BCUT2D eigenvalue weighted by atomic mass is 10.1. The zero-order valence-electron chi connectivity index (χ0n) is 11.0. The molecule has 1 aromatic carbocycles. The highest BCUT2D eigenvalue weighted by Gasteiger charge is 2.05. The third-order valence-electron chi connectivity index (χ3n) is 2.81. The smallest absolute Gasteiger partial charge is 0.330 e. The normalized spacial score (nSPS) is 10.7. The molecule has 0 bridgehead atoms. The molecule has 0 unspecified atom stereocenters. The van der Waals surface area contributed by atoms with E-state index in [0.29, 0.717) is 25.1 Å². The summed E-state index contributed by atoms with van der Waals surface area (Å²) in [6.07, 6.45) is 2.00. The minimum atomic E-state index is -0.483. The van der Waals surface area contributed by atoms with Crippen molar-refractivity contribution in [3.8, 4) is 0 Å². The molecule has 1 heterocycles. The Labute approximate surface area is 115 Å². The summed E-state index contributed by atoms with van der Waals surface area (Å²) in [6, 6.07) is 9.59. The fraction of sp³-hybridized carbons (Fsp3) is 0.286. The van der Waals surface area contributed by atoms with Gasteiger partial charge in [0.15, 0.2) is 0 Å². The Morgan fingerprint density at radius 2 is 1.95 bits per heavy atom. The van der Waals surface area contributed by atoms with Gasteiger partial charge in [-0.25, -0.2) is 4.79 Å². The summed E-state index contributed by atoms with van der Waals surface area (Å²) in [5.41, 5.74) is 5.99. The van der Waals surface area contributed by atoms with E-state index in [-0.39, 0.29) is 12.3 Å².